The lowest BCUT2D eigenvalue weighted by atomic mass is 10.1. The fraction of sp³-hybridized carbons (Fsp3) is 0.167. The Bertz CT molecular complexity index is 1590. The number of anilines is 1. The van der Waals surface area contributed by atoms with Crippen molar-refractivity contribution in [1.29, 1.82) is 0 Å². The zero-order chi connectivity index (χ0) is 27.9. The molecule has 2 aromatic carbocycles. The molecule has 3 amide bonds. The van der Waals surface area contributed by atoms with E-state index in [-0.39, 0.29) is 55.7 Å². The molecule has 4 rings (SSSR count). The van der Waals surface area contributed by atoms with Gasteiger partial charge in [0.15, 0.2) is 17.7 Å². The topological polar surface area (TPSA) is 261 Å². The lowest BCUT2D eigenvalue weighted by Gasteiger charge is -2.03. The van der Waals surface area contributed by atoms with E-state index in [1.54, 1.807) is 42.5 Å². The van der Waals surface area contributed by atoms with Gasteiger partial charge in [-0.05, 0) is 42.5 Å². The van der Waals surface area contributed by atoms with Crippen molar-refractivity contribution in [1.82, 2.24) is 25.6 Å². The molecule has 15 heteroatoms. The number of aromatic nitrogens is 3. The Hall–Kier alpha value is -5.60. The molecule has 202 valence electrons. The molecule has 0 aliphatic rings. The number of rotatable bonds is 10. The molecule has 0 aliphatic carbocycles. The highest BCUT2D eigenvalue weighted by Crippen LogP contribution is 2.21. The minimum absolute atomic E-state index is 0.0438. The van der Waals surface area contributed by atoms with Crippen LogP contribution in [-0.4, -0.2) is 70.8 Å². The van der Waals surface area contributed by atoms with Gasteiger partial charge in [0.05, 0.1) is 24.1 Å². The predicted molar refractivity (Wildman–Crippen MR) is 148 cm³/mol. The second-order valence-corrected chi connectivity index (χ2v) is 8.38. The average molecular weight is 533 g/mol. The first-order valence-electron chi connectivity index (χ1n) is 11.8. The molecular formula is C24H28N12O3. The maximum absolute atomic E-state index is 12.9. The highest BCUT2D eigenvalue weighted by atomic mass is 16.2. The van der Waals surface area contributed by atoms with E-state index in [0.29, 0.717) is 38.9 Å². The summed E-state index contributed by atoms with van der Waals surface area (Å²) in [5, 5.41) is 8.89. The fourth-order valence-electron chi connectivity index (χ4n) is 3.68. The summed E-state index contributed by atoms with van der Waals surface area (Å²) in [5.74, 6) is -1.07. The van der Waals surface area contributed by atoms with Gasteiger partial charge in [-0.2, -0.15) is 0 Å². The summed E-state index contributed by atoms with van der Waals surface area (Å²) in [4.78, 5) is 55.5. The molecule has 15 nitrogen and oxygen atoms in total. The maximum atomic E-state index is 12.9. The van der Waals surface area contributed by atoms with Gasteiger partial charge in [0, 0.05) is 35.2 Å². The molecular weight excluding hydrogens is 504 g/mol. The Labute approximate surface area is 221 Å². The Kier molecular flexibility index (Phi) is 7.89. The lowest BCUT2D eigenvalue weighted by Crippen LogP contribution is -2.29. The number of guanidine groups is 2. The summed E-state index contributed by atoms with van der Waals surface area (Å²) >= 11 is 0. The molecule has 0 saturated carbocycles. The van der Waals surface area contributed by atoms with Crippen LogP contribution in [0.5, 0.6) is 0 Å². The molecule has 39 heavy (non-hydrogen) atoms. The van der Waals surface area contributed by atoms with Crippen molar-refractivity contribution < 1.29 is 14.4 Å². The van der Waals surface area contributed by atoms with Crippen LogP contribution in [0.2, 0.25) is 0 Å². The molecule has 0 saturated heterocycles. The van der Waals surface area contributed by atoms with Crippen LogP contribution in [0, 0.1) is 0 Å². The maximum Gasteiger partial charge on any atom is 0.287 e. The van der Waals surface area contributed by atoms with Crippen molar-refractivity contribution >= 4 is 57.3 Å². The van der Waals surface area contributed by atoms with Crippen molar-refractivity contribution in [2.75, 3.05) is 31.5 Å². The number of hydrogen-bond donors (Lipinski definition) is 9. The number of imidazole rings is 1. The van der Waals surface area contributed by atoms with E-state index in [9.17, 15) is 14.4 Å². The fourth-order valence-corrected chi connectivity index (χ4v) is 3.68. The zero-order valence-electron chi connectivity index (χ0n) is 20.7. The van der Waals surface area contributed by atoms with Gasteiger partial charge in [-0.1, -0.05) is 0 Å². The van der Waals surface area contributed by atoms with Gasteiger partial charge in [-0.25, -0.2) is 4.98 Å². The van der Waals surface area contributed by atoms with Gasteiger partial charge < -0.3 is 48.9 Å². The lowest BCUT2D eigenvalue weighted by molar-refractivity contribution is 0.0941. The number of H-pyrrole nitrogens is 2. The van der Waals surface area contributed by atoms with E-state index in [4.69, 9.17) is 22.9 Å². The van der Waals surface area contributed by atoms with Crippen LogP contribution in [0.15, 0.2) is 52.4 Å². The normalized spacial score (nSPS) is 10.7. The number of aromatic amines is 2. The molecule has 2 aromatic heterocycles. The first kappa shape index (κ1) is 26.5. The molecule has 0 aliphatic heterocycles. The summed E-state index contributed by atoms with van der Waals surface area (Å²) in [6.07, 6.45) is 0. The highest BCUT2D eigenvalue weighted by Gasteiger charge is 2.14. The molecule has 0 bridgehead atoms. The average Bonchev–Trinajstić information content (AvgIpc) is 3.52. The van der Waals surface area contributed by atoms with E-state index in [2.05, 4.69) is 40.9 Å². The molecule has 0 unspecified atom stereocenters. The zero-order valence-corrected chi connectivity index (χ0v) is 20.7. The van der Waals surface area contributed by atoms with Gasteiger partial charge in [0.2, 0.25) is 0 Å². The van der Waals surface area contributed by atoms with Gasteiger partial charge in [0.1, 0.15) is 5.69 Å². The minimum Gasteiger partial charge on any atom is -0.370 e. The predicted octanol–water partition coefficient (Wildman–Crippen LogP) is -0.697. The van der Waals surface area contributed by atoms with Crippen LogP contribution >= 0.6 is 0 Å². The summed E-state index contributed by atoms with van der Waals surface area (Å²) in [5.41, 5.74) is 24.1. The molecule has 4 aromatic rings. The highest BCUT2D eigenvalue weighted by molar-refractivity contribution is 6.07. The summed E-state index contributed by atoms with van der Waals surface area (Å²) in [7, 11) is 0. The van der Waals surface area contributed by atoms with Crippen LogP contribution in [-0.2, 0) is 0 Å². The Balaban J connectivity index is 1.40. The Morgan fingerprint density at radius 3 is 2.15 bits per heavy atom. The van der Waals surface area contributed by atoms with Crippen LogP contribution in [0.4, 0.5) is 5.69 Å². The van der Waals surface area contributed by atoms with Crippen molar-refractivity contribution in [3.05, 3.63) is 59.5 Å². The number of aliphatic imine (C=N–C) groups is 2. The molecule has 0 spiro atoms. The van der Waals surface area contributed by atoms with Crippen LogP contribution in [0.1, 0.15) is 31.5 Å². The molecule has 0 radical (unpaired) electrons. The smallest absolute Gasteiger partial charge is 0.287 e. The van der Waals surface area contributed by atoms with Crippen molar-refractivity contribution in [3.8, 4) is 0 Å². The Morgan fingerprint density at radius 2 is 1.46 bits per heavy atom. The van der Waals surface area contributed by atoms with Crippen LogP contribution in [0.3, 0.4) is 0 Å². The monoisotopic (exact) mass is 532 g/mol. The van der Waals surface area contributed by atoms with E-state index in [1.165, 1.54) is 0 Å². The second kappa shape index (κ2) is 11.6. The number of carbonyl (C=O) groups is 3. The van der Waals surface area contributed by atoms with E-state index in [1.807, 2.05) is 0 Å². The standard InChI is InChI=1S/C24H28N12O3/c25-23(26)31-7-5-29-20(37)12-1-3-15-13(9-12)10-18(34-15)21(38)33-14-2-4-16-17(11-14)36-19(35-16)22(39)30-6-8-32-24(27)28/h1-4,9-11,34H,5-8H2,(H,29,37)(H,30,39)(H,33,38)(H,35,36)(H4,25,26,31)(H4,27,28,32). The molecule has 2 heterocycles. The Morgan fingerprint density at radius 1 is 0.769 bits per heavy atom. The third-order valence-electron chi connectivity index (χ3n) is 5.47. The third-order valence-corrected chi connectivity index (χ3v) is 5.47. The van der Waals surface area contributed by atoms with Gasteiger partial charge in [-0.15, -0.1) is 0 Å². The largest absolute Gasteiger partial charge is 0.370 e. The number of benzene rings is 2. The van der Waals surface area contributed by atoms with Gasteiger partial charge >= 0.3 is 0 Å². The number of amides is 3. The summed E-state index contributed by atoms with van der Waals surface area (Å²) in [6.45, 7) is 1.03. The van der Waals surface area contributed by atoms with Crippen molar-refractivity contribution in [2.45, 2.75) is 0 Å². The van der Waals surface area contributed by atoms with Crippen molar-refractivity contribution in [3.63, 3.8) is 0 Å². The third kappa shape index (κ3) is 6.79. The first-order chi connectivity index (χ1) is 18.7. The number of carbonyl (C=O) groups excluding carboxylic acids is 3. The summed E-state index contributed by atoms with van der Waals surface area (Å²) < 4.78 is 0. The second-order valence-electron chi connectivity index (χ2n) is 8.38. The molecule has 0 fully saturated rings. The van der Waals surface area contributed by atoms with Gasteiger partial charge in [0.25, 0.3) is 17.7 Å². The van der Waals surface area contributed by atoms with E-state index >= 15 is 0 Å². The molecule has 0 atom stereocenters. The SMILES string of the molecule is NC(N)=NCCNC(=O)c1ccc2[nH]c(C(=O)Nc3ccc4nc(C(=O)NCCN=C(N)N)[nH]c4c3)cc2c1. The van der Waals surface area contributed by atoms with Crippen LogP contribution < -0.4 is 38.9 Å². The number of nitrogens with one attached hydrogen (secondary N) is 5. The van der Waals surface area contributed by atoms with Crippen LogP contribution in [0.25, 0.3) is 21.9 Å². The number of fused-ring (bicyclic) bond motifs is 2. The summed E-state index contributed by atoms with van der Waals surface area (Å²) in [6, 6.07) is 11.7. The van der Waals surface area contributed by atoms with Crippen molar-refractivity contribution in [2.24, 2.45) is 32.9 Å². The number of hydrogen-bond acceptors (Lipinski definition) is 6. The quantitative estimate of drug-likeness (QED) is 0.0714. The van der Waals surface area contributed by atoms with E-state index < -0.39 is 5.91 Å². The van der Waals surface area contributed by atoms with Gasteiger partial charge in [-0.3, -0.25) is 24.4 Å². The number of nitrogens with zero attached hydrogens (tertiary/aromatic N) is 3. The first-order valence-corrected chi connectivity index (χ1v) is 11.8. The van der Waals surface area contributed by atoms with E-state index in [0.717, 1.165) is 0 Å². The number of nitrogens with two attached hydrogens (primary N) is 4. The minimum atomic E-state index is -0.414. The molecule has 13 N–H and O–H groups in total.